The number of amides is 2. The summed E-state index contributed by atoms with van der Waals surface area (Å²) < 4.78 is 18.1. The summed E-state index contributed by atoms with van der Waals surface area (Å²) in [6, 6.07) is 12.4. The lowest BCUT2D eigenvalue weighted by Crippen LogP contribution is -2.42. The van der Waals surface area contributed by atoms with Crippen LogP contribution in [0.1, 0.15) is 12.0 Å². The molecule has 0 saturated carbocycles. The molecule has 25 heavy (non-hydrogen) atoms. The summed E-state index contributed by atoms with van der Waals surface area (Å²) in [6.07, 6.45) is 0.731. The molecule has 5 nitrogen and oxygen atoms in total. The zero-order valence-electron chi connectivity index (χ0n) is 13.9. The Morgan fingerprint density at radius 2 is 1.88 bits per heavy atom. The van der Waals surface area contributed by atoms with E-state index < -0.39 is 6.04 Å². The molecule has 2 aromatic carbocycles. The largest absolute Gasteiger partial charge is 0.497 e. The molecule has 1 heterocycles. The van der Waals surface area contributed by atoms with E-state index in [2.05, 4.69) is 5.32 Å². The third-order valence-electron chi connectivity index (χ3n) is 4.20. The minimum absolute atomic E-state index is 0.172. The van der Waals surface area contributed by atoms with Crippen LogP contribution < -0.4 is 15.0 Å². The normalized spacial score (nSPS) is 16.8. The second-order valence-electron chi connectivity index (χ2n) is 5.90. The third-order valence-corrected chi connectivity index (χ3v) is 4.20. The van der Waals surface area contributed by atoms with Gasteiger partial charge in [-0.15, -0.1) is 0 Å². The highest BCUT2D eigenvalue weighted by atomic mass is 19.1. The van der Waals surface area contributed by atoms with Crippen LogP contribution in [-0.2, 0) is 16.0 Å². The van der Waals surface area contributed by atoms with Crippen molar-refractivity contribution in [1.29, 1.82) is 0 Å². The van der Waals surface area contributed by atoms with Crippen LogP contribution >= 0.6 is 0 Å². The SMILES string of the molecule is COc1ccc(CC(=O)N[C@H]2CCN(c3ccc(F)cc3)C2=O)cc1. The first-order valence-corrected chi connectivity index (χ1v) is 8.06. The zero-order valence-corrected chi connectivity index (χ0v) is 13.9. The molecule has 0 radical (unpaired) electrons. The molecule has 0 unspecified atom stereocenters. The fraction of sp³-hybridized carbons (Fsp3) is 0.263. The van der Waals surface area contributed by atoms with Crippen LogP contribution in [0.15, 0.2) is 48.5 Å². The van der Waals surface area contributed by atoms with Crippen LogP contribution in [0.5, 0.6) is 5.75 Å². The first-order chi connectivity index (χ1) is 12.1. The first-order valence-electron chi connectivity index (χ1n) is 8.06. The van der Waals surface area contributed by atoms with Gasteiger partial charge in [0.2, 0.25) is 11.8 Å². The number of carbonyl (C=O) groups is 2. The Morgan fingerprint density at radius 3 is 2.52 bits per heavy atom. The molecule has 6 heteroatoms. The fourth-order valence-electron chi connectivity index (χ4n) is 2.87. The van der Waals surface area contributed by atoms with Gasteiger partial charge < -0.3 is 15.0 Å². The van der Waals surface area contributed by atoms with Gasteiger partial charge in [-0.05, 0) is 48.4 Å². The van der Waals surface area contributed by atoms with E-state index in [1.165, 1.54) is 12.1 Å². The fourth-order valence-corrected chi connectivity index (χ4v) is 2.87. The van der Waals surface area contributed by atoms with Gasteiger partial charge >= 0.3 is 0 Å². The van der Waals surface area contributed by atoms with E-state index in [1.807, 2.05) is 12.1 Å². The molecule has 1 fully saturated rings. The maximum atomic E-state index is 13.0. The van der Waals surface area contributed by atoms with Crippen LogP contribution in [0.2, 0.25) is 0 Å². The number of methoxy groups -OCH3 is 1. The van der Waals surface area contributed by atoms with Crippen molar-refractivity contribution >= 4 is 17.5 Å². The lowest BCUT2D eigenvalue weighted by Gasteiger charge is -2.17. The van der Waals surface area contributed by atoms with Gasteiger partial charge in [-0.3, -0.25) is 9.59 Å². The van der Waals surface area contributed by atoms with Crippen molar-refractivity contribution in [2.45, 2.75) is 18.9 Å². The molecule has 0 aliphatic carbocycles. The van der Waals surface area contributed by atoms with Crippen molar-refractivity contribution in [3.8, 4) is 5.75 Å². The Bertz CT molecular complexity index is 759. The van der Waals surface area contributed by atoms with Crippen LogP contribution in [0.3, 0.4) is 0 Å². The predicted molar refractivity (Wildman–Crippen MR) is 92.0 cm³/mol. The maximum absolute atomic E-state index is 13.0. The molecule has 1 N–H and O–H groups in total. The van der Waals surface area contributed by atoms with Crippen molar-refractivity contribution in [3.05, 3.63) is 59.9 Å². The molecule has 3 rings (SSSR count). The van der Waals surface area contributed by atoms with Crippen molar-refractivity contribution in [2.24, 2.45) is 0 Å². The van der Waals surface area contributed by atoms with Gasteiger partial charge in [0, 0.05) is 12.2 Å². The Labute approximate surface area is 145 Å². The van der Waals surface area contributed by atoms with Gasteiger partial charge in [-0.1, -0.05) is 12.1 Å². The number of nitrogens with one attached hydrogen (secondary N) is 1. The van der Waals surface area contributed by atoms with E-state index in [0.29, 0.717) is 18.7 Å². The van der Waals surface area contributed by atoms with E-state index in [0.717, 1.165) is 11.3 Å². The van der Waals surface area contributed by atoms with Crippen LogP contribution in [0.4, 0.5) is 10.1 Å². The molecule has 0 spiro atoms. The average molecular weight is 342 g/mol. The lowest BCUT2D eigenvalue weighted by atomic mass is 10.1. The van der Waals surface area contributed by atoms with Crippen molar-refractivity contribution in [1.82, 2.24) is 5.32 Å². The van der Waals surface area contributed by atoms with Crippen molar-refractivity contribution in [3.63, 3.8) is 0 Å². The van der Waals surface area contributed by atoms with E-state index in [1.54, 1.807) is 36.3 Å². The molecular weight excluding hydrogens is 323 g/mol. The highest BCUT2D eigenvalue weighted by Gasteiger charge is 2.33. The number of ether oxygens (including phenoxy) is 1. The molecule has 1 atom stereocenters. The summed E-state index contributed by atoms with van der Waals surface area (Å²) in [4.78, 5) is 26.2. The molecule has 1 aliphatic heterocycles. The first kappa shape index (κ1) is 17.0. The quantitative estimate of drug-likeness (QED) is 0.907. The Morgan fingerprint density at radius 1 is 1.20 bits per heavy atom. The summed E-state index contributed by atoms with van der Waals surface area (Å²) in [6.45, 7) is 0.498. The second-order valence-corrected chi connectivity index (χ2v) is 5.90. The van der Waals surface area contributed by atoms with Gasteiger partial charge in [0.05, 0.1) is 13.5 Å². The number of hydrogen-bond acceptors (Lipinski definition) is 3. The highest BCUT2D eigenvalue weighted by molar-refractivity contribution is 6.01. The zero-order chi connectivity index (χ0) is 17.8. The number of benzene rings is 2. The van der Waals surface area contributed by atoms with Gasteiger partial charge in [-0.2, -0.15) is 0 Å². The molecule has 1 aliphatic rings. The number of nitrogens with zero attached hydrogens (tertiary/aromatic N) is 1. The number of anilines is 1. The number of halogens is 1. The maximum Gasteiger partial charge on any atom is 0.249 e. The third kappa shape index (κ3) is 3.96. The van der Waals surface area contributed by atoms with E-state index in [9.17, 15) is 14.0 Å². The van der Waals surface area contributed by atoms with Crippen molar-refractivity contribution in [2.75, 3.05) is 18.6 Å². The minimum atomic E-state index is -0.546. The molecule has 1 saturated heterocycles. The summed E-state index contributed by atoms with van der Waals surface area (Å²) >= 11 is 0. The minimum Gasteiger partial charge on any atom is -0.497 e. The monoisotopic (exact) mass is 342 g/mol. The van der Waals surface area contributed by atoms with Gasteiger partial charge in [0.25, 0.3) is 0 Å². The number of rotatable bonds is 5. The van der Waals surface area contributed by atoms with Gasteiger partial charge in [0.1, 0.15) is 17.6 Å². The average Bonchev–Trinajstić information content (AvgIpc) is 2.97. The molecule has 0 bridgehead atoms. The van der Waals surface area contributed by atoms with E-state index in [-0.39, 0.29) is 24.1 Å². The number of carbonyl (C=O) groups excluding carboxylic acids is 2. The van der Waals surface area contributed by atoms with Gasteiger partial charge in [0.15, 0.2) is 0 Å². The summed E-state index contributed by atoms with van der Waals surface area (Å²) in [5, 5.41) is 2.78. The molecule has 130 valence electrons. The lowest BCUT2D eigenvalue weighted by molar-refractivity contribution is -0.126. The van der Waals surface area contributed by atoms with Crippen LogP contribution in [0.25, 0.3) is 0 Å². The second kappa shape index (κ2) is 7.34. The van der Waals surface area contributed by atoms with Crippen molar-refractivity contribution < 1.29 is 18.7 Å². The molecule has 2 aromatic rings. The Kier molecular flexibility index (Phi) is 4.97. The van der Waals surface area contributed by atoms with E-state index >= 15 is 0 Å². The Balaban J connectivity index is 1.58. The summed E-state index contributed by atoms with van der Waals surface area (Å²) in [7, 11) is 1.58. The number of hydrogen-bond donors (Lipinski definition) is 1. The van der Waals surface area contributed by atoms with Crippen LogP contribution in [0, 0.1) is 5.82 Å². The van der Waals surface area contributed by atoms with E-state index in [4.69, 9.17) is 4.74 Å². The molecular formula is C19H19FN2O3. The summed E-state index contributed by atoms with van der Waals surface area (Å²) in [5.74, 6) is 0.00368. The molecule has 2 amide bonds. The summed E-state index contributed by atoms with van der Waals surface area (Å²) in [5.41, 5.74) is 1.48. The standard InChI is InChI=1S/C19H19FN2O3/c1-25-16-8-2-13(3-9-16)12-18(23)21-17-10-11-22(19(17)24)15-6-4-14(20)5-7-15/h2-9,17H,10-12H2,1H3,(H,21,23)/t17-/m0/s1. The molecule has 0 aromatic heterocycles. The highest BCUT2D eigenvalue weighted by Crippen LogP contribution is 2.22. The predicted octanol–water partition coefficient (Wildman–Crippen LogP) is 2.30. The smallest absolute Gasteiger partial charge is 0.249 e. The Hall–Kier alpha value is -2.89. The van der Waals surface area contributed by atoms with Gasteiger partial charge in [-0.25, -0.2) is 4.39 Å². The topological polar surface area (TPSA) is 58.6 Å². The van der Waals surface area contributed by atoms with Crippen LogP contribution in [-0.4, -0.2) is 31.5 Å².